The Hall–Kier alpha value is -4.56. The Balaban J connectivity index is 1.96. The molecule has 0 radical (unpaired) electrons. The van der Waals surface area contributed by atoms with Crippen molar-refractivity contribution in [2.75, 3.05) is 12.4 Å². The number of amides is 1. The van der Waals surface area contributed by atoms with Gasteiger partial charge in [-0.3, -0.25) is 14.9 Å². The SMILES string of the molecule is COc1cc(/C=C(\C#N)C(=O)Nc2cccc(C)c2C)cc(Cl)c1Oc1ccc(C(F)(F)F)cc1[N+](=O)[O-]. The molecule has 0 aromatic heterocycles. The van der Waals surface area contributed by atoms with Crippen molar-refractivity contribution in [2.45, 2.75) is 20.0 Å². The zero-order valence-electron chi connectivity index (χ0n) is 20.1. The maximum absolute atomic E-state index is 13.0. The van der Waals surface area contributed by atoms with Crippen LogP contribution in [-0.4, -0.2) is 17.9 Å². The molecule has 0 fully saturated rings. The van der Waals surface area contributed by atoms with E-state index in [0.717, 1.165) is 17.2 Å². The molecule has 1 amide bonds. The van der Waals surface area contributed by atoms with Gasteiger partial charge in [0.1, 0.15) is 11.6 Å². The van der Waals surface area contributed by atoms with E-state index in [1.54, 1.807) is 12.1 Å². The van der Waals surface area contributed by atoms with E-state index < -0.39 is 34.0 Å². The van der Waals surface area contributed by atoms with Crippen LogP contribution in [0.15, 0.2) is 54.1 Å². The molecule has 3 aromatic rings. The van der Waals surface area contributed by atoms with Crippen LogP contribution in [0.4, 0.5) is 24.5 Å². The average molecular weight is 546 g/mol. The Labute approximate surface area is 220 Å². The molecule has 0 saturated carbocycles. The molecule has 3 aromatic carbocycles. The maximum Gasteiger partial charge on any atom is 0.416 e. The van der Waals surface area contributed by atoms with Gasteiger partial charge < -0.3 is 14.8 Å². The second kappa shape index (κ2) is 11.2. The summed E-state index contributed by atoms with van der Waals surface area (Å²) in [5.41, 5.74) is 0.168. The molecule has 0 bridgehead atoms. The Bertz CT molecular complexity index is 1500. The molecule has 0 saturated heterocycles. The van der Waals surface area contributed by atoms with Crippen LogP contribution < -0.4 is 14.8 Å². The van der Waals surface area contributed by atoms with Gasteiger partial charge in [0, 0.05) is 11.8 Å². The van der Waals surface area contributed by atoms with E-state index in [-0.39, 0.29) is 27.7 Å². The third-order valence-corrected chi connectivity index (χ3v) is 5.76. The van der Waals surface area contributed by atoms with Crippen molar-refractivity contribution in [1.29, 1.82) is 5.26 Å². The molecule has 0 aliphatic carbocycles. The molecule has 196 valence electrons. The number of carbonyl (C=O) groups is 1. The average Bonchev–Trinajstić information content (AvgIpc) is 2.85. The monoisotopic (exact) mass is 545 g/mol. The summed E-state index contributed by atoms with van der Waals surface area (Å²) in [6.07, 6.45) is -3.55. The molecular formula is C26H19ClF3N3O5. The van der Waals surface area contributed by atoms with Gasteiger partial charge in [0.2, 0.25) is 5.75 Å². The lowest BCUT2D eigenvalue weighted by Crippen LogP contribution is -2.14. The zero-order chi connectivity index (χ0) is 28.2. The van der Waals surface area contributed by atoms with Crippen molar-refractivity contribution in [3.63, 3.8) is 0 Å². The lowest BCUT2D eigenvalue weighted by atomic mass is 10.1. The van der Waals surface area contributed by atoms with E-state index in [4.69, 9.17) is 21.1 Å². The van der Waals surface area contributed by atoms with Gasteiger partial charge in [-0.05, 0) is 66.9 Å². The maximum atomic E-state index is 13.0. The Morgan fingerprint density at radius 3 is 2.47 bits per heavy atom. The number of halogens is 4. The molecule has 0 aliphatic heterocycles. The minimum absolute atomic E-state index is 0.0508. The summed E-state index contributed by atoms with van der Waals surface area (Å²) < 4.78 is 49.8. The van der Waals surface area contributed by atoms with Crippen LogP contribution in [0.25, 0.3) is 6.08 Å². The minimum atomic E-state index is -4.80. The number of nitro groups is 1. The predicted molar refractivity (Wildman–Crippen MR) is 134 cm³/mol. The summed E-state index contributed by atoms with van der Waals surface area (Å²) in [5.74, 6) is -1.44. The van der Waals surface area contributed by atoms with Crippen molar-refractivity contribution in [1.82, 2.24) is 0 Å². The fraction of sp³-hybridized carbons (Fsp3) is 0.154. The molecular weight excluding hydrogens is 527 g/mol. The van der Waals surface area contributed by atoms with Gasteiger partial charge in [-0.2, -0.15) is 18.4 Å². The fourth-order valence-electron chi connectivity index (χ4n) is 3.35. The number of aryl methyl sites for hydroxylation is 1. The summed E-state index contributed by atoms with van der Waals surface area (Å²) in [7, 11) is 1.24. The highest BCUT2D eigenvalue weighted by molar-refractivity contribution is 6.32. The quantitative estimate of drug-likeness (QED) is 0.145. The summed E-state index contributed by atoms with van der Waals surface area (Å²) >= 11 is 6.31. The molecule has 0 aliphatic rings. The Morgan fingerprint density at radius 1 is 1.16 bits per heavy atom. The van der Waals surface area contributed by atoms with Gasteiger partial charge in [-0.25, -0.2) is 0 Å². The van der Waals surface area contributed by atoms with Crippen LogP contribution in [0.5, 0.6) is 17.2 Å². The Kier molecular flexibility index (Phi) is 8.28. The largest absolute Gasteiger partial charge is 0.493 e. The molecule has 0 unspecified atom stereocenters. The van der Waals surface area contributed by atoms with Crippen LogP contribution in [0.2, 0.25) is 5.02 Å². The first kappa shape index (κ1) is 28.0. The predicted octanol–water partition coefficient (Wildman–Crippen LogP) is 7.23. The smallest absolute Gasteiger partial charge is 0.416 e. The van der Waals surface area contributed by atoms with E-state index in [1.807, 2.05) is 26.0 Å². The van der Waals surface area contributed by atoms with Crippen LogP contribution in [0.3, 0.4) is 0 Å². The van der Waals surface area contributed by atoms with Gasteiger partial charge in [0.25, 0.3) is 5.91 Å². The highest BCUT2D eigenvalue weighted by Crippen LogP contribution is 2.43. The first-order valence-electron chi connectivity index (χ1n) is 10.8. The lowest BCUT2D eigenvalue weighted by Gasteiger charge is -2.14. The van der Waals surface area contributed by atoms with Gasteiger partial charge in [0.05, 0.1) is 22.6 Å². The van der Waals surface area contributed by atoms with Crippen LogP contribution in [0, 0.1) is 35.3 Å². The van der Waals surface area contributed by atoms with Gasteiger partial charge in [-0.1, -0.05) is 23.7 Å². The van der Waals surface area contributed by atoms with Gasteiger partial charge in [-0.15, -0.1) is 0 Å². The van der Waals surface area contributed by atoms with Crippen molar-refractivity contribution in [3.8, 4) is 23.3 Å². The van der Waals surface area contributed by atoms with Crippen molar-refractivity contribution >= 4 is 35.0 Å². The number of alkyl halides is 3. The van der Waals surface area contributed by atoms with Crippen LogP contribution in [-0.2, 0) is 11.0 Å². The fourth-order valence-corrected chi connectivity index (χ4v) is 3.60. The number of hydrogen-bond acceptors (Lipinski definition) is 6. The summed E-state index contributed by atoms with van der Waals surface area (Å²) in [6.45, 7) is 3.70. The van der Waals surface area contributed by atoms with Gasteiger partial charge >= 0.3 is 11.9 Å². The van der Waals surface area contributed by atoms with Crippen LogP contribution in [0.1, 0.15) is 22.3 Å². The number of methoxy groups -OCH3 is 1. The molecule has 1 N–H and O–H groups in total. The Morgan fingerprint density at radius 2 is 1.87 bits per heavy atom. The number of benzene rings is 3. The highest BCUT2D eigenvalue weighted by Gasteiger charge is 2.33. The van der Waals surface area contributed by atoms with E-state index in [0.29, 0.717) is 17.8 Å². The number of hydrogen-bond donors (Lipinski definition) is 1. The molecule has 0 atom stereocenters. The summed E-state index contributed by atoms with van der Waals surface area (Å²) in [5, 5.41) is 23.5. The normalized spacial score (nSPS) is 11.5. The molecule has 38 heavy (non-hydrogen) atoms. The number of nitriles is 1. The number of anilines is 1. The van der Waals surface area contributed by atoms with E-state index in [2.05, 4.69) is 5.32 Å². The highest BCUT2D eigenvalue weighted by atomic mass is 35.5. The van der Waals surface area contributed by atoms with E-state index >= 15 is 0 Å². The molecule has 0 spiro atoms. The van der Waals surface area contributed by atoms with Crippen molar-refractivity contribution in [2.24, 2.45) is 0 Å². The zero-order valence-corrected chi connectivity index (χ0v) is 20.9. The molecule has 0 heterocycles. The van der Waals surface area contributed by atoms with Gasteiger partial charge in [0.15, 0.2) is 11.5 Å². The third-order valence-electron chi connectivity index (χ3n) is 5.48. The molecule has 8 nitrogen and oxygen atoms in total. The summed E-state index contributed by atoms with van der Waals surface area (Å²) in [4.78, 5) is 23.1. The van der Waals surface area contributed by atoms with E-state index in [9.17, 15) is 33.3 Å². The standard InChI is InChI=1S/C26H19ClF3N3O5/c1-14-5-4-6-20(15(14)2)32-25(34)17(13-31)9-16-10-19(27)24(23(11-16)37-3)38-22-8-7-18(26(28,29)30)12-21(22)33(35)36/h4-12H,1-3H3,(H,32,34)/b17-9+. The van der Waals surface area contributed by atoms with Crippen LogP contribution >= 0.6 is 11.6 Å². The van der Waals surface area contributed by atoms with Crippen molar-refractivity contribution in [3.05, 3.63) is 91.5 Å². The second-order valence-electron chi connectivity index (χ2n) is 7.94. The van der Waals surface area contributed by atoms with Crippen molar-refractivity contribution < 1.29 is 32.4 Å². The first-order valence-corrected chi connectivity index (χ1v) is 11.1. The third kappa shape index (κ3) is 6.22. The molecule has 3 rings (SSSR count). The lowest BCUT2D eigenvalue weighted by molar-refractivity contribution is -0.385. The molecule has 12 heteroatoms. The number of carbonyl (C=O) groups excluding carboxylic acids is 1. The number of rotatable bonds is 7. The number of nitrogens with zero attached hydrogens (tertiary/aromatic N) is 2. The first-order chi connectivity index (χ1) is 17.8. The summed E-state index contributed by atoms with van der Waals surface area (Å²) in [6, 6.07) is 11.6. The second-order valence-corrected chi connectivity index (χ2v) is 8.35. The van der Waals surface area contributed by atoms with E-state index in [1.165, 1.54) is 25.3 Å². The minimum Gasteiger partial charge on any atom is -0.493 e. The topological polar surface area (TPSA) is 114 Å². The number of nitro benzene ring substituents is 1. The number of nitrogens with one attached hydrogen (secondary N) is 1. The number of ether oxygens (including phenoxy) is 2.